The van der Waals surface area contributed by atoms with Gasteiger partial charge in [-0.05, 0) is 0 Å². The van der Waals surface area contributed by atoms with E-state index in [-0.39, 0.29) is 18.4 Å². The third-order valence-corrected chi connectivity index (χ3v) is 2.41. The zero-order chi connectivity index (χ0) is 10.1. The highest BCUT2D eigenvalue weighted by Crippen LogP contribution is 2.15. The van der Waals surface area contributed by atoms with Gasteiger partial charge in [-0.1, -0.05) is 0 Å². The van der Waals surface area contributed by atoms with Crippen LogP contribution in [-0.4, -0.2) is 39.2 Å². The lowest BCUT2D eigenvalue weighted by Crippen LogP contribution is -2.57. The summed E-state index contributed by atoms with van der Waals surface area (Å²) in [6, 6.07) is -0.289. The summed E-state index contributed by atoms with van der Waals surface area (Å²) in [5.41, 5.74) is 0.845. The van der Waals surface area contributed by atoms with Crippen LogP contribution in [0.25, 0.3) is 0 Å². The summed E-state index contributed by atoms with van der Waals surface area (Å²) in [7, 11) is 1.87. The van der Waals surface area contributed by atoms with Gasteiger partial charge in [0.1, 0.15) is 0 Å². The summed E-state index contributed by atoms with van der Waals surface area (Å²) in [4.78, 5) is 27.3. The number of Topliss-reactive ketones (excluding diaryl/α,β-unsaturated/α-hetero) is 1. The van der Waals surface area contributed by atoms with Gasteiger partial charge in [-0.15, -0.1) is 0 Å². The number of aromatic nitrogens is 2. The van der Waals surface area contributed by atoms with Crippen molar-refractivity contribution in [1.29, 1.82) is 0 Å². The van der Waals surface area contributed by atoms with Crippen molar-refractivity contribution in [1.82, 2.24) is 14.5 Å². The molecule has 1 aliphatic heterocycles. The molecule has 0 spiro atoms. The molecule has 14 heavy (non-hydrogen) atoms. The van der Waals surface area contributed by atoms with Gasteiger partial charge in [0.2, 0.25) is 6.41 Å². The second-order valence-corrected chi connectivity index (χ2v) is 3.49. The van der Waals surface area contributed by atoms with Crippen LogP contribution in [0.5, 0.6) is 0 Å². The topological polar surface area (TPSA) is 55.2 Å². The summed E-state index contributed by atoms with van der Waals surface area (Å²) in [6.45, 7) is 0.251. The lowest BCUT2D eigenvalue weighted by molar-refractivity contribution is -0.144. The van der Waals surface area contributed by atoms with E-state index >= 15 is 0 Å². The van der Waals surface area contributed by atoms with Gasteiger partial charge in [0, 0.05) is 19.7 Å². The number of nitrogens with zero attached hydrogens (tertiary/aromatic N) is 3. The fourth-order valence-corrected chi connectivity index (χ4v) is 1.58. The van der Waals surface area contributed by atoms with Crippen molar-refractivity contribution in [2.24, 2.45) is 7.05 Å². The highest BCUT2D eigenvalue weighted by Gasteiger charge is 2.36. The van der Waals surface area contributed by atoms with Crippen LogP contribution in [-0.2, 0) is 23.1 Å². The van der Waals surface area contributed by atoms with Gasteiger partial charge in [-0.2, -0.15) is 0 Å². The van der Waals surface area contributed by atoms with Crippen molar-refractivity contribution in [2.45, 2.75) is 12.5 Å². The molecule has 0 N–H and O–H groups in total. The number of ketones is 1. The van der Waals surface area contributed by atoms with Crippen molar-refractivity contribution in [3.63, 3.8) is 0 Å². The van der Waals surface area contributed by atoms with Crippen LogP contribution in [0.2, 0.25) is 0 Å². The molecule has 1 amide bonds. The summed E-state index contributed by atoms with van der Waals surface area (Å²) >= 11 is 0. The van der Waals surface area contributed by atoms with Crippen LogP contribution in [0.3, 0.4) is 0 Å². The highest BCUT2D eigenvalue weighted by molar-refractivity contribution is 5.95. The van der Waals surface area contributed by atoms with E-state index < -0.39 is 0 Å². The first-order chi connectivity index (χ1) is 6.70. The Bertz CT molecular complexity index is 372. The molecule has 1 aromatic rings. The van der Waals surface area contributed by atoms with Crippen LogP contribution in [0, 0.1) is 0 Å². The molecule has 5 heteroatoms. The van der Waals surface area contributed by atoms with E-state index in [1.54, 1.807) is 6.33 Å². The van der Waals surface area contributed by atoms with Crippen LogP contribution < -0.4 is 0 Å². The van der Waals surface area contributed by atoms with Gasteiger partial charge in [-0.3, -0.25) is 9.59 Å². The number of amides is 1. The van der Waals surface area contributed by atoms with Gasteiger partial charge in [-0.25, -0.2) is 4.98 Å². The molecule has 1 aliphatic rings. The molecule has 1 fully saturated rings. The van der Waals surface area contributed by atoms with Crippen molar-refractivity contribution >= 4 is 12.2 Å². The zero-order valence-corrected chi connectivity index (χ0v) is 7.88. The summed E-state index contributed by atoms with van der Waals surface area (Å²) in [5, 5.41) is 0. The summed E-state index contributed by atoms with van der Waals surface area (Å²) in [6.07, 6.45) is 4.78. The third-order valence-electron chi connectivity index (χ3n) is 2.41. The van der Waals surface area contributed by atoms with Gasteiger partial charge < -0.3 is 9.47 Å². The van der Waals surface area contributed by atoms with Gasteiger partial charge in [0.15, 0.2) is 5.78 Å². The quantitative estimate of drug-likeness (QED) is 0.601. The molecular formula is C9H11N3O2. The predicted octanol–water partition coefficient (Wildman–Crippen LogP) is -0.628. The van der Waals surface area contributed by atoms with E-state index in [0.29, 0.717) is 6.42 Å². The molecule has 1 atom stereocenters. The van der Waals surface area contributed by atoms with E-state index in [4.69, 9.17) is 0 Å². The second kappa shape index (κ2) is 3.25. The predicted molar refractivity (Wildman–Crippen MR) is 48.5 cm³/mol. The largest absolute Gasteiger partial charge is 0.340 e. The first kappa shape index (κ1) is 8.93. The van der Waals surface area contributed by atoms with Crippen LogP contribution in [0.15, 0.2) is 12.5 Å². The maximum Gasteiger partial charge on any atom is 0.210 e. The number of carbonyl (C=O) groups is 2. The Morgan fingerprint density at radius 2 is 2.50 bits per heavy atom. The van der Waals surface area contributed by atoms with Crippen molar-refractivity contribution in [2.75, 3.05) is 6.54 Å². The fourth-order valence-electron chi connectivity index (χ4n) is 1.58. The van der Waals surface area contributed by atoms with Crippen LogP contribution in [0.4, 0.5) is 0 Å². The first-order valence-electron chi connectivity index (χ1n) is 4.41. The minimum atomic E-state index is -0.289. The zero-order valence-electron chi connectivity index (χ0n) is 7.88. The standard InChI is InChI=1S/C9H11N3O2/c1-11-3-7(10-5-11)2-8-9(14)4-12(8)6-13/h3,5-6,8H,2,4H2,1H3. The minimum absolute atomic E-state index is 0.114. The Hall–Kier alpha value is -1.65. The van der Waals surface area contributed by atoms with Crippen LogP contribution in [0.1, 0.15) is 5.69 Å². The Labute approximate surface area is 81.3 Å². The third kappa shape index (κ3) is 1.41. The van der Waals surface area contributed by atoms with Crippen molar-refractivity contribution in [3.8, 4) is 0 Å². The highest BCUT2D eigenvalue weighted by atomic mass is 16.2. The molecule has 1 saturated heterocycles. The first-order valence-corrected chi connectivity index (χ1v) is 4.41. The molecule has 0 aliphatic carbocycles. The number of likely N-dealkylation sites (tertiary alicyclic amines) is 1. The maximum absolute atomic E-state index is 11.2. The Balaban J connectivity index is 2.03. The molecular weight excluding hydrogens is 182 g/mol. The number of aryl methyl sites for hydroxylation is 1. The lowest BCUT2D eigenvalue weighted by atomic mass is 9.98. The number of imidazole rings is 1. The van der Waals surface area contributed by atoms with Gasteiger partial charge >= 0.3 is 0 Å². The van der Waals surface area contributed by atoms with Crippen molar-refractivity contribution in [3.05, 3.63) is 18.2 Å². The molecule has 2 heterocycles. The van der Waals surface area contributed by atoms with E-state index in [9.17, 15) is 9.59 Å². The average Bonchev–Trinajstić information content (AvgIpc) is 2.57. The normalized spacial score (nSPS) is 20.8. The number of hydrogen-bond acceptors (Lipinski definition) is 3. The van der Waals surface area contributed by atoms with Crippen molar-refractivity contribution < 1.29 is 9.59 Å². The smallest absolute Gasteiger partial charge is 0.210 e. The van der Waals surface area contributed by atoms with E-state index in [1.165, 1.54) is 4.90 Å². The fraction of sp³-hybridized carbons (Fsp3) is 0.444. The monoisotopic (exact) mass is 193 g/mol. The maximum atomic E-state index is 11.2. The second-order valence-electron chi connectivity index (χ2n) is 3.49. The number of rotatable bonds is 3. The molecule has 0 aromatic carbocycles. The molecule has 1 aromatic heterocycles. The molecule has 74 valence electrons. The molecule has 0 radical (unpaired) electrons. The van der Waals surface area contributed by atoms with E-state index in [1.807, 2.05) is 17.8 Å². The van der Waals surface area contributed by atoms with Gasteiger partial charge in [0.05, 0.1) is 24.6 Å². The Morgan fingerprint density at radius 1 is 1.71 bits per heavy atom. The van der Waals surface area contributed by atoms with Crippen LogP contribution >= 0.6 is 0 Å². The number of hydrogen-bond donors (Lipinski definition) is 0. The molecule has 5 nitrogen and oxygen atoms in total. The molecule has 0 bridgehead atoms. The Kier molecular flexibility index (Phi) is 2.07. The minimum Gasteiger partial charge on any atom is -0.340 e. The SMILES string of the molecule is Cn1cnc(CC2C(=O)CN2C=O)c1. The molecule has 0 saturated carbocycles. The van der Waals surface area contributed by atoms with E-state index in [0.717, 1.165) is 12.1 Å². The number of carbonyl (C=O) groups excluding carboxylic acids is 2. The summed E-state index contributed by atoms with van der Waals surface area (Å²) < 4.78 is 1.82. The summed E-state index contributed by atoms with van der Waals surface area (Å²) in [5.74, 6) is 0.114. The van der Waals surface area contributed by atoms with E-state index in [2.05, 4.69) is 4.98 Å². The average molecular weight is 193 g/mol. The Morgan fingerprint density at radius 3 is 3.00 bits per heavy atom. The lowest BCUT2D eigenvalue weighted by Gasteiger charge is -2.35. The molecule has 1 unspecified atom stereocenters. The molecule has 2 rings (SSSR count). The van der Waals surface area contributed by atoms with Gasteiger partial charge in [0.25, 0.3) is 0 Å².